The molecule has 3 rings (SSSR count). The summed E-state index contributed by atoms with van der Waals surface area (Å²) < 4.78 is 15.4. The van der Waals surface area contributed by atoms with Crippen molar-refractivity contribution >= 4 is 5.97 Å². The lowest BCUT2D eigenvalue weighted by Crippen LogP contribution is -1.95. The molecular formula is C17H12FNO2. The van der Waals surface area contributed by atoms with Gasteiger partial charge in [-0.15, -0.1) is 0 Å². The molecule has 0 bridgehead atoms. The van der Waals surface area contributed by atoms with E-state index in [-0.39, 0.29) is 11.4 Å². The van der Waals surface area contributed by atoms with Crippen LogP contribution in [0.1, 0.15) is 10.4 Å². The predicted molar refractivity (Wildman–Crippen MR) is 78.1 cm³/mol. The maximum Gasteiger partial charge on any atom is 0.335 e. The van der Waals surface area contributed by atoms with Crippen LogP contribution in [0.3, 0.4) is 0 Å². The molecule has 3 aromatic rings. The molecule has 0 amide bonds. The van der Waals surface area contributed by atoms with Crippen LogP contribution in [0.15, 0.2) is 67.0 Å². The van der Waals surface area contributed by atoms with E-state index in [0.29, 0.717) is 5.69 Å². The molecule has 21 heavy (non-hydrogen) atoms. The Bertz CT molecular complexity index is 791. The average Bonchev–Trinajstić information content (AvgIpc) is 2.97. The Kier molecular flexibility index (Phi) is 3.28. The first-order chi connectivity index (χ1) is 10.1. The van der Waals surface area contributed by atoms with Crippen molar-refractivity contribution in [1.29, 1.82) is 0 Å². The summed E-state index contributed by atoms with van der Waals surface area (Å²) in [5, 5.41) is 8.88. The quantitative estimate of drug-likeness (QED) is 0.789. The van der Waals surface area contributed by atoms with E-state index < -0.39 is 5.97 Å². The fraction of sp³-hybridized carbons (Fsp3) is 0. The SMILES string of the molecule is O=C(O)c1ccc(-c2ccn(-c3ccccc3F)c2)cc1. The van der Waals surface area contributed by atoms with E-state index in [9.17, 15) is 9.18 Å². The number of nitrogens with zero attached hydrogens (tertiary/aromatic N) is 1. The van der Waals surface area contributed by atoms with E-state index in [0.717, 1.165) is 11.1 Å². The number of para-hydroxylation sites is 1. The first kappa shape index (κ1) is 13.1. The number of rotatable bonds is 3. The summed E-state index contributed by atoms with van der Waals surface area (Å²) in [6.45, 7) is 0. The van der Waals surface area contributed by atoms with Gasteiger partial charge in [-0.3, -0.25) is 0 Å². The molecule has 0 unspecified atom stereocenters. The molecule has 104 valence electrons. The molecule has 0 saturated heterocycles. The van der Waals surface area contributed by atoms with Crippen LogP contribution in [0.2, 0.25) is 0 Å². The molecule has 0 aliphatic rings. The number of aromatic nitrogens is 1. The number of carbonyl (C=O) groups is 1. The molecule has 0 fully saturated rings. The summed E-state index contributed by atoms with van der Waals surface area (Å²) >= 11 is 0. The van der Waals surface area contributed by atoms with Crippen LogP contribution in [0.25, 0.3) is 16.8 Å². The van der Waals surface area contributed by atoms with Crippen LogP contribution in [0.4, 0.5) is 4.39 Å². The second-order valence-corrected chi connectivity index (χ2v) is 4.64. The molecule has 3 nitrogen and oxygen atoms in total. The van der Waals surface area contributed by atoms with E-state index >= 15 is 0 Å². The van der Waals surface area contributed by atoms with Crippen molar-refractivity contribution < 1.29 is 14.3 Å². The zero-order valence-corrected chi connectivity index (χ0v) is 11.0. The molecular weight excluding hydrogens is 269 g/mol. The molecule has 1 N–H and O–H groups in total. The van der Waals surface area contributed by atoms with Crippen molar-refractivity contribution in [1.82, 2.24) is 4.57 Å². The van der Waals surface area contributed by atoms with Crippen molar-refractivity contribution in [2.75, 3.05) is 0 Å². The Balaban J connectivity index is 1.95. The molecule has 0 saturated carbocycles. The van der Waals surface area contributed by atoms with Gasteiger partial charge in [0.25, 0.3) is 0 Å². The smallest absolute Gasteiger partial charge is 0.335 e. The summed E-state index contributed by atoms with van der Waals surface area (Å²) in [5.41, 5.74) is 2.50. The van der Waals surface area contributed by atoms with Crippen LogP contribution in [0, 0.1) is 5.82 Å². The second kappa shape index (κ2) is 5.25. The van der Waals surface area contributed by atoms with Crippen LogP contribution < -0.4 is 0 Å². The minimum Gasteiger partial charge on any atom is -0.478 e. The zero-order valence-electron chi connectivity index (χ0n) is 11.0. The Morgan fingerprint density at radius 2 is 1.67 bits per heavy atom. The lowest BCUT2D eigenvalue weighted by atomic mass is 10.1. The number of hydrogen-bond donors (Lipinski definition) is 1. The second-order valence-electron chi connectivity index (χ2n) is 4.64. The predicted octanol–water partition coefficient (Wildman–Crippen LogP) is 3.98. The van der Waals surface area contributed by atoms with Gasteiger partial charge in [-0.1, -0.05) is 24.3 Å². The number of hydrogen-bond acceptors (Lipinski definition) is 1. The normalized spacial score (nSPS) is 10.5. The third kappa shape index (κ3) is 2.56. The van der Waals surface area contributed by atoms with Crippen LogP contribution in [0.5, 0.6) is 0 Å². The third-order valence-corrected chi connectivity index (χ3v) is 3.29. The van der Waals surface area contributed by atoms with Crippen molar-refractivity contribution in [3.63, 3.8) is 0 Å². The highest BCUT2D eigenvalue weighted by molar-refractivity contribution is 5.88. The van der Waals surface area contributed by atoms with E-state index in [2.05, 4.69) is 0 Å². The molecule has 4 heteroatoms. The number of benzene rings is 2. The van der Waals surface area contributed by atoms with Gasteiger partial charge in [-0.05, 0) is 41.5 Å². The molecule has 0 atom stereocenters. The highest BCUT2D eigenvalue weighted by Gasteiger charge is 2.07. The number of carboxylic acid groups (broad SMARTS) is 1. The van der Waals surface area contributed by atoms with Gasteiger partial charge >= 0.3 is 5.97 Å². The molecule has 0 spiro atoms. The largest absolute Gasteiger partial charge is 0.478 e. The summed E-state index contributed by atoms with van der Waals surface area (Å²) in [6, 6.07) is 15.0. The maximum atomic E-state index is 13.7. The summed E-state index contributed by atoms with van der Waals surface area (Å²) in [4.78, 5) is 10.8. The highest BCUT2D eigenvalue weighted by atomic mass is 19.1. The lowest BCUT2D eigenvalue weighted by Gasteiger charge is -2.04. The minimum atomic E-state index is -0.953. The first-order valence-corrected chi connectivity index (χ1v) is 6.42. The highest BCUT2D eigenvalue weighted by Crippen LogP contribution is 2.23. The summed E-state index contributed by atoms with van der Waals surface area (Å²) in [6.07, 6.45) is 3.59. The number of halogens is 1. The Morgan fingerprint density at radius 1 is 0.952 bits per heavy atom. The van der Waals surface area contributed by atoms with Gasteiger partial charge in [-0.25, -0.2) is 9.18 Å². The van der Waals surface area contributed by atoms with Gasteiger partial charge in [0, 0.05) is 12.4 Å². The summed E-state index contributed by atoms with van der Waals surface area (Å²) in [7, 11) is 0. The van der Waals surface area contributed by atoms with Gasteiger partial charge in [0.15, 0.2) is 0 Å². The number of aromatic carboxylic acids is 1. The molecule has 0 aliphatic heterocycles. The fourth-order valence-corrected chi connectivity index (χ4v) is 2.18. The van der Waals surface area contributed by atoms with Gasteiger partial charge in [-0.2, -0.15) is 0 Å². The van der Waals surface area contributed by atoms with Crippen LogP contribution >= 0.6 is 0 Å². The fourth-order valence-electron chi connectivity index (χ4n) is 2.18. The van der Waals surface area contributed by atoms with Crippen molar-refractivity contribution in [3.05, 3.63) is 78.4 Å². The van der Waals surface area contributed by atoms with Gasteiger partial charge in [0.1, 0.15) is 5.82 Å². The topological polar surface area (TPSA) is 42.2 Å². The zero-order chi connectivity index (χ0) is 14.8. The van der Waals surface area contributed by atoms with Gasteiger partial charge in [0.05, 0.1) is 11.3 Å². The van der Waals surface area contributed by atoms with E-state index in [1.807, 2.05) is 12.3 Å². The minimum absolute atomic E-state index is 0.243. The molecule has 2 aromatic carbocycles. The first-order valence-electron chi connectivity index (χ1n) is 6.42. The van der Waals surface area contributed by atoms with Crippen LogP contribution in [-0.2, 0) is 0 Å². The monoisotopic (exact) mass is 281 g/mol. The Labute approximate surface area is 120 Å². The van der Waals surface area contributed by atoms with E-state index in [1.54, 1.807) is 53.2 Å². The van der Waals surface area contributed by atoms with Crippen molar-refractivity contribution in [2.24, 2.45) is 0 Å². The van der Waals surface area contributed by atoms with E-state index in [4.69, 9.17) is 5.11 Å². The standard InChI is InChI=1S/C17H12FNO2/c18-15-3-1-2-4-16(15)19-10-9-14(11-19)12-5-7-13(8-6-12)17(20)21/h1-11H,(H,20,21). The van der Waals surface area contributed by atoms with Crippen LogP contribution in [-0.4, -0.2) is 15.6 Å². The maximum absolute atomic E-state index is 13.7. The number of carboxylic acids is 1. The van der Waals surface area contributed by atoms with E-state index in [1.165, 1.54) is 6.07 Å². The van der Waals surface area contributed by atoms with Gasteiger partial charge in [0.2, 0.25) is 0 Å². The Morgan fingerprint density at radius 3 is 2.33 bits per heavy atom. The third-order valence-electron chi connectivity index (χ3n) is 3.29. The average molecular weight is 281 g/mol. The Hall–Kier alpha value is -2.88. The lowest BCUT2D eigenvalue weighted by molar-refractivity contribution is 0.0697. The molecule has 1 aromatic heterocycles. The van der Waals surface area contributed by atoms with Gasteiger partial charge < -0.3 is 9.67 Å². The summed E-state index contributed by atoms with van der Waals surface area (Å²) in [5.74, 6) is -1.24. The molecule has 1 heterocycles. The van der Waals surface area contributed by atoms with Crippen molar-refractivity contribution in [3.8, 4) is 16.8 Å². The molecule has 0 aliphatic carbocycles. The molecule has 0 radical (unpaired) electrons. The van der Waals surface area contributed by atoms with Crippen molar-refractivity contribution in [2.45, 2.75) is 0 Å².